The summed E-state index contributed by atoms with van der Waals surface area (Å²) in [6.07, 6.45) is 13.5. The van der Waals surface area contributed by atoms with E-state index in [1.165, 1.54) is 55.3 Å². The highest BCUT2D eigenvalue weighted by molar-refractivity contribution is 5.68. The second-order valence-electron chi connectivity index (χ2n) is 6.69. The van der Waals surface area contributed by atoms with Gasteiger partial charge in [-0.2, -0.15) is 0 Å². The average Bonchev–Trinajstić information content (AvgIpc) is 2.61. The Morgan fingerprint density at radius 1 is 1.04 bits per heavy atom. The second kappa shape index (κ2) is 8.10. The molecular weight excluding hydrogens is 278 g/mol. The highest BCUT2D eigenvalue weighted by Crippen LogP contribution is 2.28. The summed E-state index contributed by atoms with van der Waals surface area (Å²) in [5.74, 6) is 0.876. The van der Waals surface area contributed by atoms with Crippen molar-refractivity contribution in [3.8, 4) is 0 Å². The van der Waals surface area contributed by atoms with E-state index in [1.54, 1.807) is 0 Å². The monoisotopic (exact) mass is 305 g/mol. The Morgan fingerprint density at radius 3 is 2.74 bits per heavy atom. The molecule has 1 atom stereocenters. The fourth-order valence-corrected chi connectivity index (χ4v) is 3.47. The zero-order chi connectivity index (χ0) is 15.9. The van der Waals surface area contributed by atoms with E-state index in [2.05, 4.69) is 55.5 Å². The van der Waals surface area contributed by atoms with Crippen molar-refractivity contribution in [1.29, 1.82) is 0 Å². The molecule has 23 heavy (non-hydrogen) atoms. The molecular formula is C22H27N. The van der Waals surface area contributed by atoms with Crippen LogP contribution in [0.4, 0.5) is 0 Å². The standard InChI is InChI=1S/C22H27N/c1-2-3-5-10-19-12-16-22-20(17-19)13-15-21(23-22)14-11-18-8-6-4-7-9-18/h4,6-9,11,13-15,19H,2-3,5,10,12,16-17H2,1H3/b14-11-/t19-/m0/s1. The van der Waals surface area contributed by atoms with Crippen molar-refractivity contribution >= 4 is 12.2 Å². The molecule has 1 aliphatic rings. The maximum atomic E-state index is 4.87. The van der Waals surface area contributed by atoms with E-state index in [0.717, 1.165) is 18.0 Å². The van der Waals surface area contributed by atoms with Gasteiger partial charge in [0.25, 0.3) is 0 Å². The van der Waals surface area contributed by atoms with Crippen molar-refractivity contribution in [2.75, 3.05) is 0 Å². The number of pyridine rings is 1. The van der Waals surface area contributed by atoms with Crippen LogP contribution >= 0.6 is 0 Å². The van der Waals surface area contributed by atoms with Crippen LogP contribution in [0, 0.1) is 5.92 Å². The third-order valence-corrected chi connectivity index (χ3v) is 4.85. The normalized spacial score (nSPS) is 17.3. The Hall–Kier alpha value is -1.89. The lowest BCUT2D eigenvalue weighted by Gasteiger charge is -2.24. The Morgan fingerprint density at radius 2 is 1.91 bits per heavy atom. The number of nitrogens with zero attached hydrogens (tertiary/aromatic N) is 1. The van der Waals surface area contributed by atoms with Gasteiger partial charge in [0, 0.05) is 5.69 Å². The fraction of sp³-hybridized carbons (Fsp3) is 0.409. The van der Waals surface area contributed by atoms with Gasteiger partial charge in [-0.3, -0.25) is 4.98 Å². The van der Waals surface area contributed by atoms with Gasteiger partial charge in [-0.1, -0.05) is 75.1 Å². The number of benzene rings is 1. The highest BCUT2D eigenvalue weighted by atomic mass is 14.7. The minimum Gasteiger partial charge on any atom is -0.253 e. The molecule has 1 aromatic heterocycles. The first kappa shape index (κ1) is 16.0. The first-order chi connectivity index (χ1) is 11.3. The second-order valence-corrected chi connectivity index (χ2v) is 6.69. The molecule has 2 aromatic rings. The molecule has 0 unspecified atom stereocenters. The minimum absolute atomic E-state index is 0.876. The SMILES string of the molecule is CCCCC[C@H]1CCc2nc(/C=C\c3ccccc3)ccc2C1. The lowest BCUT2D eigenvalue weighted by atomic mass is 9.83. The molecule has 1 nitrogen and oxygen atoms in total. The van der Waals surface area contributed by atoms with Crippen LogP contribution < -0.4 is 0 Å². The maximum Gasteiger partial charge on any atom is 0.0633 e. The number of unbranched alkanes of at least 4 members (excludes halogenated alkanes) is 2. The molecule has 1 aliphatic carbocycles. The molecule has 1 heterocycles. The van der Waals surface area contributed by atoms with Gasteiger partial charge in [0.2, 0.25) is 0 Å². The summed E-state index contributed by atoms with van der Waals surface area (Å²) >= 11 is 0. The summed E-state index contributed by atoms with van der Waals surface area (Å²) in [7, 11) is 0. The third kappa shape index (κ3) is 4.54. The van der Waals surface area contributed by atoms with Crippen molar-refractivity contribution in [3.05, 3.63) is 65.0 Å². The van der Waals surface area contributed by atoms with Gasteiger partial charge in [0.1, 0.15) is 0 Å². The topological polar surface area (TPSA) is 12.9 Å². The van der Waals surface area contributed by atoms with E-state index in [9.17, 15) is 0 Å². The number of aromatic nitrogens is 1. The maximum absolute atomic E-state index is 4.87. The van der Waals surface area contributed by atoms with Gasteiger partial charge >= 0.3 is 0 Å². The number of hydrogen-bond acceptors (Lipinski definition) is 1. The average molecular weight is 305 g/mol. The van der Waals surface area contributed by atoms with E-state index in [0.29, 0.717) is 0 Å². The van der Waals surface area contributed by atoms with Gasteiger partial charge in [0.05, 0.1) is 5.69 Å². The molecule has 0 radical (unpaired) electrons. The van der Waals surface area contributed by atoms with Crippen LogP contribution in [-0.4, -0.2) is 4.98 Å². The Balaban J connectivity index is 1.64. The van der Waals surface area contributed by atoms with Crippen LogP contribution in [0.15, 0.2) is 42.5 Å². The smallest absolute Gasteiger partial charge is 0.0633 e. The van der Waals surface area contributed by atoms with Gasteiger partial charge in [-0.15, -0.1) is 0 Å². The van der Waals surface area contributed by atoms with Crippen molar-refractivity contribution in [1.82, 2.24) is 4.98 Å². The van der Waals surface area contributed by atoms with Gasteiger partial charge in [-0.25, -0.2) is 0 Å². The predicted molar refractivity (Wildman–Crippen MR) is 99.3 cm³/mol. The molecule has 0 bridgehead atoms. The molecule has 1 heteroatoms. The Kier molecular flexibility index (Phi) is 5.63. The Bertz CT molecular complexity index is 642. The van der Waals surface area contributed by atoms with Gasteiger partial charge in [-0.05, 0) is 48.4 Å². The molecule has 0 amide bonds. The van der Waals surface area contributed by atoms with Crippen molar-refractivity contribution < 1.29 is 0 Å². The summed E-state index contributed by atoms with van der Waals surface area (Å²) in [6, 6.07) is 14.9. The van der Waals surface area contributed by atoms with Crippen LogP contribution in [0.3, 0.4) is 0 Å². The lowest BCUT2D eigenvalue weighted by molar-refractivity contribution is 0.404. The van der Waals surface area contributed by atoms with Crippen LogP contribution in [0.1, 0.15) is 61.5 Å². The molecule has 0 spiro atoms. The summed E-state index contributed by atoms with van der Waals surface area (Å²) < 4.78 is 0. The molecule has 3 rings (SSSR count). The predicted octanol–water partition coefficient (Wildman–Crippen LogP) is 5.94. The van der Waals surface area contributed by atoms with E-state index >= 15 is 0 Å². The van der Waals surface area contributed by atoms with Crippen LogP contribution in [0.25, 0.3) is 12.2 Å². The first-order valence-corrected chi connectivity index (χ1v) is 9.07. The summed E-state index contributed by atoms with van der Waals surface area (Å²) in [5, 5.41) is 0. The van der Waals surface area contributed by atoms with E-state index < -0.39 is 0 Å². The zero-order valence-corrected chi connectivity index (χ0v) is 14.2. The largest absolute Gasteiger partial charge is 0.253 e. The van der Waals surface area contributed by atoms with Crippen molar-refractivity contribution in [2.24, 2.45) is 5.92 Å². The quantitative estimate of drug-likeness (QED) is 0.602. The van der Waals surface area contributed by atoms with E-state index in [1.807, 2.05) is 6.07 Å². The number of fused-ring (bicyclic) bond motifs is 1. The van der Waals surface area contributed by atoms with Crippen molar-refractivity contribution in [3.63, 3.8) is 0 Å². The van der Waals surface area contributed by atoms with Crippen LogP contribution in [0.2, 0.25) is 0 Å². The van der Waals surface area contributed by atoms with Gasteiger partial charge < -0.3 is 0 Å². The molecule has 1 aromatic carbocycles. The van der Waals surface area contributed by atoms with Crippen LogP contribution in [0.5, 0.6) is 0 Å². The molecule has 0 saturated carbocycles. The summed E-state index contributed by atoms with van der Waals surface area (Å²) in [5.41, 5.74) is 5.11. The summed E-state index contributed by atoms with van der Waals surface area (Å²) in [6.45, 7) is 2.28. The fourth-order valence-electron chi connectivity index (χ4n) is 3.47. The van der Waals surface area contributed by atoms with Gasteiger partial charge in [0.15, 0.2) is 0 Å². The zero-order valence-electron chi connectivity index (χ0n) is 14.2. The lowest BCUT2D eigenvalue weighted by Crippen LogP contribution is -2.15. The summed E-state index contributed by atoms with van der Waals surface area (Å²) in [4.78, 5) is 4.87. The van der Waals surface area contributed by atoms with Crippen LogP contribution in [-0.2, 0) is 12.8 Å². The minimum atomic E-state index is 0.876. The van der Waals surface area contributed by atoms with E-state index in [-0.39, 0.29) is 0 Å². The molecule has 120 valence electrons. The molecule has 0 fully saturated rings. The van der Waals surface area contributed by atoms with Crippen molar-refractivity contribution in [2.45, 2.75) is 51.9 Å². The number of aryl methyl sites for hydroxylation is 1. The third-order valence-electron chi connectivity index (χ3n) is 4.85. The molecule has 0 aliphatic heterocycles. The first-order valence-electron chi connectivity index (χ1n) is 9.07. The highest BCUT2D eigenvalue weighted by Gasteiger charge is 2.19. The number of hydrogen-bond donors (Lipinski definition) is 0. The number of rotatable bonds is 6. The Labute approximate surface area is 140 Å². The van der Waals surface area contributed by atoms with E-state index in [4.69, 9.17) is 4.98 Å². The molecule has 0 N–H and O–H groups in total. The molecule has 0 saturated heterocycles.